The number of hydrogen-bond acceptors (Lipinski definition) is 2. The highest BCUT2D eigenvalue weighted by Crippen LogP contribution is 2.20. The van der Waals surface area contributed by atoms with Gasteiger partial charge in [-0.2, -0.15) is 0 Å². The van der Waals surface area contributed by atoms with Crippen LogP contribution in [-0.4, -0.2) is 52.6 Å². The number of urea groups is 1. The lowest BCUT2D eigenvalue weighted by atomic mass is 10.1. The molecule has 1 aliphatic heterocycles. The molecule has 0 aromatic rings. The zero-order chi connectivity index (χ0) is 13.5. The van der Waals surface area contributed by atoms with Gasteiger partial charge in [-0.05, 0) is 26.2 Å². The molecule has 1 fully saturated rings. The van der Waals surface area contributed by atoms with Crippen LogP contribution in [0.15, 0.2) is 0 Å². The molecule has 1 saturated heterocycles. The fourth-order valence-corrected chi connectivity index (χ4v) is 2.51. The highest BCUT2D eigenvalue weighted by molar-refractivity contribution is 5.80. The van der Waals surface area contributed by atoms with E-state index in [0.717, 1.165) is 38.6 Å². The van der Waals surface area contributed by atoms with Gasteiger partial charge in [0, 0.05) is 19.1 Å². The number of carbonyl (C=O) groups is 2. The number of aliphatic carboxylic acids is 1. The van der Waals surface area contributed by atoms with Crippen LogP contribution < -0.4 is 0 Å². The summed E-state index contributed by atoms with van der Waals surface area (Å²) in [6.45, 7) is 4.90. The number of carbonyl (C=O) groups excluding carboxylic acids is 1. The van der Waals surface area contributed by atoms with E-state index in [4.69, 9.17) is 5.11 Å². The van der Waals surface area contributed by atoms with Gasteiger partial charge >= 0.3 is 12.0 Å². The molecule has 1 N–H and O–H groups in total. The first kappa shape index (κ1) is 14.8. The second kappa shape index (κ2) is 7.24. The number of likely N-dealkylation sites (tertiary alicyclic amines) is 1. The molecule has 1 heterocycles. The van der Waals surface area contributed by atoms with Crippen molar-refractivity contribution >= 4 is 12.0 Å². The quantitative estimate of drug-likeness (QED) is 0.838. The number of likely N-dealkylation sites (N-methyl/N-ethyl adjacent to an activating group) is 1. The Labute approximate surface area is 109 Å². The van der Waals surface area contributed by atoms with Crippen LogP contribution in [0.1, 0.15) is 46.0 Å². The normalized spacial score (nSPS) is 20.3. The van der Waals surface area contributed by atoms with Crippen LogP contribution in [0.3, 0.4) is 0 Å². The molecule has 5 heteroatoms. The summed E-state index contributed by atoms with van der Waals surface area (Å²) in [6.07, 6.45) is 5.31. The maximum absolute atomic E-state index is 12.4. The van der Waals surface area contributed by atoms with Crippen LogP contribution in [-0.2, 0) is 4.79 Å². The van der Waals surface area contributed by atoms with Gasteiger partial charge in [0.15, 0.2) is 0 Å². The zero-order valence-corrected chi connectivity index (χ0v) is 11.4. The van der Waals surface area contributed by atoms with Crippen LogP contribution in [0.25, 0.3) is 0 Å². The first-order valence-electron chi connectivity index (χ1n) is 6.87. The van der Waals surface area contributed by atoms with Gasteiger partial charge in [0.05, 0.1) is 0 Å². The minimum Gasteiger partial charge on any atom is -0.480 e. The fourth-order valence-electron chi connectivity index (χ4n) is 2.51. The van der Waals surface area contributed by atoms with Gasteiger partial charge < -0.3 is 14.9 Å². The van der Waals surface area contributed by atoms with E-state index in [-0.39, 0.29) is 18.6 Å². The van der Waals surface area contributed by atoms with Crippen molar-refractivity contribution in [1.82, 2.24) is 9.80 Å². The predicted octanol–water partition coefficient (Wildman–Crippen LogP) is 2.17. The highest BCUT2D eigenvalue weighted by atomic mass is 16.4. The summed E-state index contributed by atoms with van der Waals surface area (Å²) < 4.78 is 0. The Bertz CT molecular complexity index is 294. The summed E-state index contributed by atoms with van der Waals surface area (Å²) in [6, 6.07) is 0.150. The van der Waals surface area contributed by atoms with Crippen molar-refractivity contribution in [3.63, 3.8) is 0 Å². The van der Waals surface area contributed by atoms with E-state index in [1.54, 1.807) is 0 Å². The summed E-state index contributed by atoms with van der Waals surface area (Å²) >= 11 is 0. The predicted molar refractivity (Wildman–Crippen MR) is 69.5 cm³/mol. The lowest BCUT2D eigenvalue weighted by Crippen LogP contribution is -2.49. The second-order valence-corrected chi connectivity index (χ2v) is 4.80. The molecular weight excluding hydrogens is 232 g/mol. The maximum atomic E-state index is 12.4. The van der Waals surface area contributed by atoms with E-state index in [9.17, 15) is 9.59 Å². The fraction of sp³-hybridized carbons (Fsp3) is 0.846. The van der Waals surface area contributed by atoms with Crippen LogP contribution in [0.5, 0.6) is 0 Å². The first-order chi connectivity index (χ1) is 8.60. The van der Waals surface area contributed by atoms with E-state index in [2.05, 4.69) is 6.92 Å². The van der Waals surface area contributed by atoms with Crippen molar-refractivity contribution in [2.45, 2.75) is 52.0 Å². The van der Waals surface area contributed by atoms with Crippen molar-refractivity contribution in [2.75, 3.05) is 19.6 Å². The molecular formula is C13H24N2O3. The summed E-state index contributed by atoms with van der Waals surface area (Å²) in [5, 5.41) is 8.83. The van der Waals surface area contributed by atoms with E-state index < -0.39 is 5.97 Å². The molecule has 0 aliphatic carbocycles. The molecule has 0 aromatic carbocycles. The monoisotopic (exact) mass is 256 g/mol. The molecule has 0 saturated carbocycles. The minimum atomic E-state index is -0.951. The van der Waals surface area contributed by atoms with Gasteiger partial charge in [0.1, 0.15) is 6.54 Å². The van der Waals surface area contributed by atoms with Gasteiger partial charge in [0.2, 0.25) is 0 Å². The van der Waals surface area contributed by atoms with E-state index in [0.29, 0.717) is 6.54 Å². The maximum Gasteiger partial charge on any atom is 0.323 e. The molecule has 0 radical (unpaired) electrons. The van der Waals surface area contributed by atoms with Crippen LogP contribution in [0.4, 0.5) is 4.79 Å². The Kier molecular flexibility index (Phi) is 5.95. The van der Waals surface area contributed by atoms with Gasteiger partial charge in [-0.25, -0.2) is 4.79 Å². The molecule has 0 spiro atoms. The van der Waals surface area contributed by atoms with Crippen molar-refractivity contribution < 1.29 is 14.7 Å². The number of hydrogen-bond donors (Lipinski definition) is 1. The third kappa shape index (κ3) is 3.89. The highest BCUT2D eigenvalue weighted by Gasteiger charge is 2.28. The SMILES string of the molecule is CCC1CCCCCN1C(=O)N(CC)CC(=O)O. The molecule has 104 valence electrons. The van der Waals surface area contributed by atoms with Gasteiger partial charge in [-0.3, -0.25) is 4.79 Å². The molecule has 5 nitrogen and oxygen atoms in total. The van der Waals surface area contributed by atoms with E-state index in [1.165, 1.54) is 4.90 Å². The topological polar surface area (TPSA) is 60.9 Å². The van der Waals surface area contributed by atoms with Crippen LogP contribution in [0, 0.1) is 0 Å². The summed E-state index contributed by atoms with van der Waals surface area (Å²) in [5.74, 6) is -0.951. The minimum absolute atomic E-state index is 0.117. The van der Waals surface area contributed by atoms with Gasteiger partial charge in [0.25, 0.3) is 0 Å². The molecule has 0 aromatic heterocycles. The summed E-state index contributed by atoms with van der Waals surface area (Å²) in [4.78, 5) is 26.4. The van der Waals surface area contributed by atoms with Crippen molar-refractivity contribution in [2.24, 2.45) is 0 Å². The number of amides is 2. The first-order valence-corrected chi connectivity index (χ1v) is 6.87. The Morgan fingerprint density at radius 2 is 2.00 bits per heavy atom. The molecule has 1 unspecified atom stereocenters. The number of carboxylic acid groups (broad SMARTS) is 1. The van der Waals surface area contributed by atoms with E-state index >= 15 is 0 Å². The molecule has 1 aliphatic rings. The van der Waals surface area contributed by atoms with Gasteiger partial charge in [-0.1, -0.05) is 19.8 Å². The van der Waals surface area contributed by atoms with E-state index in [1.807, 2.05) is 11.8 Å². The average molecular weight is 256 g/mol. The molecule has 18 heavy (non-hydrogen) atoms. The number of carboxylic acids is 1. The lowest BCUT2D eigenvalue weighted by Gasteiger charge is -2.33. The smallest absolute Gasteiger partial charge is 0.323 e. The zero-order valence-electron chi connectivity index (χ0n) is 11.4. The van der Waals surface area contributed by atoms with Crippen molar-refractivity contribution in [1.29, 1.82) is 0 Å². The molecule has 2 amide bonds. The molecule has 0 bridgehead atoms. The van der Waals surface area contributed by atoms with Gasteiger partial charge in [-0.15, -0.1) is 0 Å². The number of rotatable bonds is 4. The van der Waals surface area contributed by atoms with Crippen molar-refractivity contribution in [3.8, 4) is 0 Å². The van der Waals surface area contributed by atoms with Crippen LogP contribution in [0.2, 0.25) is 0 Å². The average Bonchev–Trinajstić information content (AvgIpc) is 2.59. The van der Waals surface area contributed by atoms with Crippen molar-refractivity contribution in [3.05, 3.63) is 0 Å². The summed E-state index contributed by atoms with van der Waals surface area (Å²) in [5.41, 5.74) is 0. The summed E-state index contributed by atoms with van der Waals surface area (Å²) in [7, 11) is 0. The third-order valence-corrected chi connectivity index (χ3v) is 3.57. The van der Waals surface area contributed by atoms with Crippen LogP contribution >= 0.6 is 0 Å². The Morgan fingerprint density at radius 1 is 1.28 bits per heavy atom. The number of nitrogens with zero attached hydrogens (tertiary/aromatic N) is 2. The largest absolute Gasteiger partial charge is 0.480 e. The Balaban J connectivity index is 2.73. The molecule has 1 rings (SSSR count). The lowest BCUT2D eigenvalue weighted by molar-refractivity contribution is -0.137. The third-order valence-electron chi connectivity index (χ3n) is 3.57. The second-order valence-electron chi connectivity index (χ2n) is 4.80. The standard InChI is InChI=1S/C13H24N2O3/c1-3-11-8-6-5-7-9-15(11)13(18)14(4-2)10-12(16)17/h11H,3-10H2,1-2H3,(H,16,17). The Morgan fingerprint density at radius 3 is 2.56 bits per heavy atom. The molecule has 1 atom stereocenters. The Hall–Kier alpha value is -1.26.